The van der Waals surface area contributed by atoms with Crippen molar-refractivity contribution in [1.29, 1.82) is 0 Å². The lowest BCUT2D eigenvalue weighted by Gasteiger charge is -2.06. The van der Waals surface area contributed by atoms with Crippen LogP contribution in [0.2, 0.25) is 5.02 Å². The fourth-order valence-corrected chi connectivity index (χ4v) is 1.78. The molecule has 1 N–H and O–H groups in total. The number of rotatable bonds is 3. The van der Waals surface area contributed by atoms with Crippen LogP contribution in [0.1, 0.15) is 11.6 Å². The van der Waals surface area contributed by atoms with Crippen LogP contribution in [0, 0.1) is 6.92 Å². The molecule has 112 valence electrons. The van der Waals surface area contributed by atoms with Crippen molar-refractivity contribution in [1.82, 2.24) is 14.8 Å². The highest BCUT2D eigenvalue weighted by Crippen LogP contribution is 2.26. The molecule has 0 saturated carbocycles. The summed E-state index contributed by atoms with van der Waals surface area (Å²) in [6.45, 7) is 0.969. The molecule has 0 radical (unpaired) electrons. The van der Waals surface area contributed by atoms with E-state index < -0.39 is 17.9 Å². The van der Waals surface area contributed by atoms with Gasteiger partial charge in [0.2, 0.25) is 5.91 Å². The second-order valence-corrected chi connectivity index (χ2v) is 4.63. The molecule has 1 amide bonds. The minimum absolute atomic E-state index is 0.00330. The van der Waals surface area contributed by atoms with Crippen molar-refractivity contribution in [3.8, 4) is 0 Å². The summed E-state index contributed by atoms with van der Waals surface area (Å²) in [5.74, 6) is -1.79. The molecule has 0 aliphatic carbocycles. The molecular formula is C12H10ClF3N4O. The van der Waals surface area contributed by atoms with Gasteiger partial charge in [-0.2, -0.15) is 13.2 Å². The van der Waals surface area contributed by atoms with Crippen molar-refractivity contribution in [2.45, 2.75) is 19.6 Å². The van der Waals surface area contributed by atoms with Crippen LogP contribution in [0.3, 0.4) is 0 Å². The van der Waals surface area contributed by atoms with Crippen molar-refractivity contribution in [3.05, 3.63) is 40.9 Å². The van der Waals surface area contributed by atoms with E-state index >= 15 is 0 Å². The predicted molar refractivity (Wildman–Crippen MR) is 69.8 cm³/mol. The first kappa shape index (κ1) is 15.3. The van der Waals surface area contributed by atoms with E-state index in [9.17, 15) is 18.0 Å². The summed E-state index contributed by atoms with van der Waals surface area (Å²) in [6, 6.07) is 6.41. The van der Waals surface area contributed by atoms with Crippen LogP contribution in [-0.2, 0) is 17.5 Å². The number of carbonyl (C=O) groups excluding carboxylic acids is 1. The Balaban J connectivity index is 2.08. The van der Waals surface area contributed by atoms with Crippen LogP contribution in [0.15, 0.2) is 24.3 Å². The Morgan fingerprint density at radius 2 is 2.14 bits per heavy atom. The van der Waals surface area contributed by atoms with Gasteiger partial charge in [-0.05, 0) is 25.1 Å². The Hall–Kier alpha value is -2.09. The Kier molecular flexibility index (Phi) is 4.17. The molecule has 5 nitrogen and oxygen atoms in total. The third-order valence-electron chi connectivity index (χ3n) is 2.51. The Bertz CT molecular complexity index is 669. The third-order valence-corrected chi connectivity index (χ3v) is 2.75. The highest BCUT2D eigenvalue weighted by Gasteiger charge is 2.36. The van der Waals surface area contributed by atoms with Crippen molar-refractivity contribution >= 4 is 23.2 Å². The molecule has 0 aliphatic heterocycles. The lowest BCUT2D eigenvalue weighted by Crippen LogP contribution is -2.20. The van der Waals surface area contributed by atoms with Crippen LogP contribution < -0.4 is 5.32 Å². The van der Waals surface area contributed by atoms with E-state index in [-0.39, 0.29) is 12.4 Å². The summed E-state index contributed by atoms with van der Waals surface area (Å²) < 4.78 is 38.3. The summed E-state index contributed by atoms with van der Waals surface area (Å²) in [5.41, 5.74) is 0.446. The smallest absolute Gasteiger partial charge is 0.324 e. The van der Waals surface area contributed by atoms with Gasteiger partial charge in [-0.3, -0.25) is 4.79 Å². The molecule has 0 atom stereocenters. The highest BCUT2D eigenvalue weighted by atomic mass is 35.5. The second kappa shape index (κ2) is 5.72. The molecule has 0 saturated heterocycles. The van der Waals surface area contributed by atoms with E-state index in [1.807, 2.05) is 0 Å². The number of nitrogens with zero attached hydrogens (tertiary/aromatic N) is 3. The molecule has 21 heavy (non-hydrogen) atoms. The average Bonchev–Trinajstić information content (AvgIpc) is 2.70. The van der Waals surface area contributed by atoms with Crippen molar-refractivity contribution in [2.24, 2.45) is 0 Å². The zero-order chi connectivity index (χ0) is 15.6. The van der Waals surface area contributed by atoms with E-state index in [1.54, 1.807) is 18.2 Å². The number of hydrogen-bond donors (Lipinski definition) is 1. The van der Waals surface area contributed by atoms with Crippen LogP contribution in [0.25, 0.3) is 0 Å². The lowest BCUT2D eigenvalue weighted by molar-refractivity contribution is -0.145. The molecule has 0 aliphatic rings. The summed E-state index contributed by atoms with van der Waals surface area (Å²) in [5, 5.41) is 6.22. The average molecular weight is 319 g/mol. The van der Waals surface area contributed by atoms with Crippen LogP contribution in [0.5, 0.6) is 0 Å². The van der Waals surface area contributed by atoms with Gasteiger partial charge < -0.3 is 5.32 Å². The molecule has 9 heteroatoms. The fraction of sp³-hybridized carbons (Fsp3) is 0.250. The topological polar surface area (TPSA) is 59.8 Å². The molecule has 0 spiro atoms. The number of aromatic nitrogens is 3. The van der Waals surface area contributed by atoms with Crippen molar-refractivity contribution < 1.29 is 18.0 Å². The summed E-state index contributed by atoms with van der Waals surface area (Å²) in [6.07, 6.45) is -4.64. The van der Waals surface area contributed by atoms with E-state index in [1.165, 1.54) is 13.0 Å². The van der Waals surface area contributed by atoms with E-state index in [2.05, 4.69) is 15.4 Å². The summed E-state index contributed by atoms with van der Waals surface area (Å²) in [7, 11) is 0. The minimum atomic E-state index is -4.64. The number of anilines is 1. The first-order chi connectivity index (χ1) is 9.75. The Morgan fingerprint density at radius 3 is 2.71 bits per heavy atom. The fourth-order valence-electron chi connectivity index (χ4n) is 1.59. The largest absolute Gasteiger partial charge is 0.453 e. The Morgan fingerprint density at radius 1 is 1.43 bits per heavy atom. The van der Waals surface area contributed by atoms with Gasteiger partial charge in [0.05, 0.1) is 0 Å². The number of benzene rings is 1. The maximum atomic E-state index is 12.5. The van der Waals surface area contributed by atoms with E-state index in [0.29, 0.717) is 10.7 Å². The van der Waals surface area contributed by atoms with Gasteiger partial charge in [0.15, 0.2) is 0 Å². The molecule has 0 unspecified atom stereocenters. The minimum Gasteiger partial charge on any atom is -0.324 e. The van der Waals surface area contributed by atoms with Gasteiger partial charge in [0.1, 0.15) is 12.4 Å². The zero-order valence-electron chi connectivity index (χ0n) is 10.8. The van der Waals surface area contributed by atoms with Gasteiger partial charge in [0.25, 0.3) is 5.82 Å². The number of carbonyl (C=O) groups is 1. The number of aryl methyl sites for hydroxylation is 1. The maximum absolute atomic E-state index is 12.5. The van der Waals surface area contributed by atoms with Gasteiger partial charge in [-0.15, -0.1) is 5.10 Å². The molecule has 0 bridgehead atoms. The maximum Gasteiger partial charge on any atom is 0.453 e. The van der Waals surface area contributed by atoms with Gasteiger partial charge >= 0.3 is 6.18 Å². The molecule has 0 fully saturated rings. The first-order valence-corrected chi connectivity index (χ1v) is 6.17. The van der Waals surface area contributed by atoms with Crippen molar-refractivity contribution in [3.63, 3.8) is 0 Å². The van der Waals surface area contributed by atoms with Gasteiger partial charge in [-0.1, -0.05) is 17.7 Å². The molecular weight excluding hydrogens is 309 g/mol. The van der Waals surface area contributed by atoms with Crippen LogP contribution >= 0.6 is 11.6 Å². The standard InChI is InChI=1S/C12H10ClF3N4O/c1-7-17-11(12(14,15)16)19-20(7)6-10(21)18-9-4-2-3-8(13)5-9/h2-5H,6H2,1H3,(H,18,21). The van der Waals surface area contributed by atoms with Crippen molar-refractivity contribution in [2.75, 3.05) is 5.32 Å². The third kappa shape index (κ3) is 3.94. The number of nitrogens with one attached hydrogen (secondary N) is 1. The van der Waals surface area contributed by atoms with Gasteiger partial charge in [0, 0.05) is 10.7 Å². The molecule has 2 rings (SSSR count). The quantitative estimate of drug-likeness (QED) is 0.946. The lowest BCUT2D eigenvalue weighted by atomic mass is 10.3. The second-order valence-electron chi connectivity index (χ2n) is 4.20. The predicted octanol–water partition coefficient (Wildman–Crippen LogP) is 2.90. The number of amides is 1. The van der Waals surface area contributed by atoms with Crippen LogP contribution in [0.4, 0.5) is 18.9 Å². The first-order valence-electron chi connectivity index (χ1n) is 5.80. The molecule has 1 aromatic carbocycles. The normalized spacial score (nSPS) is 11.5. The van der Waals surface area contributed by atoms with Gasteiger partial charge in [-0.25, -0.2) is 9.67 Å². The molecule has 1 aromatic heterocycles. The van der Waals surface area contributed by atoms with E-state index in [4.69, 9.17) is 11.6 Å². The SMILES string of the molecule is Cc1nc(C(F)(F)F)nn1CC(=O)Nc1cccc(Cl)c1. The molecule has 1 heterocycles. The zero-order valence-corrected chi connectivity index (χ0v) is 11.5. The number of alkyl halides is 3. The monoisotopic (exact) mass is 318 g/mol. The highest BCUT2D eigenvalue weighted by molar-refractivity contribution is 6.30. The van der Waals surface area contributed by atoms with Crippen LogP contribution in [-0.4, -0.2) is 20.7 Å². The number of hydrogen-bond acceptors (Lipinski definition) is 3. The summed E-state index contributed by atoms with van der Waals surface area (Å²) in [4.78, 5) is 15.1. The molecule has 2 aromatic rings. The number of halogens is 4. The summed E-state index contributed by atoms with van der Waals surface area (Å²) >= 11 is 5.76. The Labute approximate surface area is 122 Å². The van der Waals surface area contributed by atoms with E-state index in [0.717, 1.165) is 4.68 Å².